The van der Waals surface area contributed by atoms with E-state index < -0.39 is 17.5 Å². The molecule has 1 aliphatic heterocycles. The number of anilines is 1. The summed E-state index contributed by atoms with van der Waals surface area (Å²) in [4.78, 5) is 11.8. The SMILES string of the molecule is O=C(Nc1cc(F)c(F)c(F)c1)[C@@H]1CCCCN1. The second kappa shape index (κ2) is 5.39. The van der Waals surface area contributed by atoms with Crippen LogP contribution >= 0.6 is 0 Å². The number of piperidine rings is 1. The molecule has 1 aromatic rings. The average Bonchev–Trinajstić information content (AvgIpc) is 2.37. The lowest BCUT2D eigenvalue weighted by molar-refractivity contribution is -0.118. The number of hydrogen-bond acceptors (Lipinski definition) is 2. The van der Waals surface area contributed by atoms with Crippen LogP contribution in [0.25, 0.3) is 0 Å². The van der Waals surface area contributed by atoms with E-state index in [-0.39, 0.29) is 17.6 Å². The van der Waals surface area contributed by atoms with Gasteiger partial charge in [-0.3, -0.25) is 4.79 Å². The zero-order valence-electron chi connectivity index (χ0n) is 9.60. The first-order valence-electron chi connectivity index (χ1n) is 5.76. The molecular weight excluding hydrogens is 245 g/mol. The van der Waals surface area contributed by atoms with Gasteiger partial charge in [0.1, 0.15) is 0 Å². The maximum absolute atomic E-state index is 13.0. The normalized spacial score (nSPS) is 19.6. The van der Waals surface area contributed by atoms with Gasteiger partial charge in [-0.05, 0) is 19.4 Å². The molecule has 1 heterocycles. The van der Waals surface area contributed by atoms with Crippen molar-refractivity contribution in [2.75, 3.05) is 11.9 Å². The molecule has 1 atom stereocenters. The number of benzene rings is 1. The molecule has 1 saturated heterocycles. The third kappa shape index (κ3) is 2.81. The molecule has 3 nitrogen and oxygen atoms in total. The quantitative estimate of drug-likeness (QED) is 0.798. The standard InChI is InChI=1S/C12H13F3N2O/c13-8-5-7(6-9(14)11(8)15)17-12(18)10-3-1-2-4-16-10/h5-6,10,16H,1-4H2,(H,17,18)/t10-/m0/s1. The third-order valence-corrected chi connectivity index (χ3v) is 2.88. The molecule has 0 spiro atoms. The predicted molar refractivity (Wildman–Crippen MR) is 60.6 cm³/mol. The van der Waals surface area contributed by atoms with E-state index in [1.54, 1.807) is 0 Å². The van der Waals surface area contributed by atoms with E-state index in [9.17, 15) is 18.0 Å². The van der Waals surface area contributed by atoms with Gasteiger partial charge < -0.3 is 10.6 Å². The van der Waals surface area contributed by atoms with E-state index in [4.69, 9.17) is 0 Å². The Bertz CT molecular complexity index is 436. The molecule has 0 saturated carbocycles. The Morgan fingerprint density at radius 3 is 2.44 bits per heavy atom. The van der Waals surface area contributed by atoms with Crippen LogP contribution < -0.4 is 10.6 Å². The van der Waals surface area contributed by atoms with Gasteiger partial charge in [-0.25, -0.2) is 13.2 Å². The fourth-order valence-electron chi connectivity index (χ4n) is 1.93. The third-order valence-electron chi connectivity index (χ3n) is 2.88. The minimum atomic E-state index is -1.54. The number of carbonyl (C=O) groups excluding carboxylic acids is 1. The van der Waals surface area contributed by atoms with Gasteiger partial charge >= 0.3 is 0 Å². The largest absolute Gasteiger partial charge is 0.325 e. The summed E-state index contributed by atoms with van der Waals surface area (Å²) in [6, 6.07) is 1.16. The lowest BCUT2D eigenvalue weighted by atomic mass is 10.0. The second-order valence-electron chi connectivity index (χ2n) is 4.25. The molecule has 6 heteroatoms. The highest BCUT2D eigenvalue weighted by Crippen LogP contribution is 2.18. The molecule has 1 aromatic carbocycles. The van der Waals surface area contributed by atoms with Crippen LogP contribution in [0.5, 0.6) is 0 Å². The molecule has 0 unspecified atom stereocenters. The van der Waals surface area contributed by atoms with Gasteiger partial charge in [-0.1, -0.05) is 6.42 Å². The maximum Gasteiger partial charge on any atom is 0.241 e. The van der Waals surface area contributed by atoms with Crippen molar-refractivity contribution in [1.82, 2.24) is 5.32 Å². The second-order valence-corrected chi connectivity index (χ2v) is 4.25. The number of nitrogens with one attached hydrogen (secondary N) is 2. The zero-order chi connectivity index (χ0) is 13.1. The van der Waals surface area contributed by atoms with Crippen molar-refractivity contribution >= 4 is 11.6 Å². The Balaban J connectivity index is 2.06. The summed E-state index contributed by atoms with van der Waals surface area (Å²) in [6.07, 6.45) is 2.61. The van der Waals surface area contributed by atoms with Crippen molar-refractivity contribution < 1.29 is 18.0 Å². The zero-order valence-corrected chi connectivity index (χ0v) is 9.60. The van der Waals surface area contributed by atoms with Gasteiger partial charge in [0.2, 0.25) is 5.91 Å². The highest BCUT2D eigenvalue weighted by atomic mass is 19.2. The first kappa shape index (κ1) is 12.9. The fourth-order valence-corrected chi connectivity index (χ4v) is 1.93. The smallest absolute Gasteiger partial charge is 0.241 e. The van der Waals surface area contributed by atoms with Crippen LogP contribution in [0, 0.1) is 17.5 Å². The van der Waals surface area contributed by atoms with E-state index in [2.05, 4.69) is 10.6 Å². The Hall–Kier alpha value is -1.56. The molecule has 0 aliphatic carbocycles. The maximum atomic E-state index is 13.0. The molecule has 0 radical (unpaired) electrons. The number of amides is 1. The summed E-state index contributed by atoms with van der Waals surface area (Å²) in [5.74, 6) is -4.53. The Morgan fingerprint density at radius 2 is 1.89 bits per heavy atom. The highest BCUT2D eigenvalue weighted by molar-refractivity contribution is 5.94. The minimum absolute atomic E-state index is 0.0798. The summed E-state index contributed by atoms with van der Waals surface area (Å²) in [5, 5.41) is 5.38. The lowest BCUT2D eigenvalue weighted by Gasteiger charge is -2.22. The Labute approximate surface area is 102 Å². The lowest BCUT2D eigenvalue weighted by Crippen LogP contribution is -2.43. The van der Waals surface area contributed by atoms with E-state index in [0.29, 0.717) is 6.42 Å². The van der Waals surface area contributed by atoms with Crippen molar-refractivity contribution in [1.29, 1.82) is 0 Å². The molecule has 1 aliphatic rings. The van der Waals surface area contributed by atoms with E-state index >= 15 is 0 Å². The molecule has 98 valence electrons. The minimum Gasteiger partial charge on any atom is -0.325 e. The monoisotopic (exact) mass is 258 g/mol. The van der Waals surface area contributed by atoms with Crippen LogP contribution in [-0.4, -0.2) is 18.5 Å². The van der Waals surface area contributed by atoms with Crippen molar-refractivity contribution in [2.45, 2.75) is 25.3 Å². The number of rotatable bonds is 2. The summed E-state index contributed by atoms with van der Waals surface area (Å²) in [7, 11) is 0. The summed E-state index contributed by atoms with van der Waals surface area (Å²) < 4.78 is 38.6. The molecule has 1 amide bonds. The van der Waals surface area contributed by atoms with Crippen LogP contribution in [0.2, 0.25) is 0 Å². The van der Waals surface area contributed by atoms with Crippen molar-refractivity contribution in [3.63, 3.8) is 0 Å². The molecule has 1 fully saturated rings. The summed E-state index contributed by atoms with van der Waals surface area (Å²) >= 11 is 0. The van der Waals surface area contributed by atoms with Crippen LogP contribution in [0.15, 0.2) is 12.1 Å². The molecule has 0 aromatic heterocycles. The van der Waals surface area contributed by atoms with Crippen molar-refractivity contribution in [3.05, 3.63) is 29.6 Å². The first-order chi connectivity index (χ1) is 8.58. The van der Waals surface area contributed by atoms with Crippen LogP contribution in [0.1, 0.15) is 19.3 Å². The van der Waals surface area contributed by atoms with Crippen LogP contribution in [0.4, 0.5) is 18.9 Å². The van der Waals surface area contributed by atoms with Crippen LogP contribution in [0.3, 0.4) is 0 Å². The predicted octanol–water partition coefficient (Wildman–Crippen LogP) is 2.18. The summed E-state index contributed by atoms with van der Waals surface area (Å²) in [5.41, 5.74) is -0.0798. The fraction of sp³-hybridized carbons (Fsp3) is 0.417. The first-order valence-corrected chi connectivity index (χ1v) is 5.76. The van der Waals surface area contributed by atoms with Gasteiger partial charge in [0.15, 0.2) is 17.5 Å². The Kier molecular flexibility index (Phi) is 3.86. The van der Waals surface area contributed by atoms with Gasteiger partial charge in [-0.2, -0.15) is 0 Å². The van der Waals surface area contributed by atoms with Crippen molar-refractivity contribution in [3.8, 4) is 0 Å². The van der Waals surface area contributed by atoms with Crippen molar-refractivity contribution in [2.24, 2.45) is 0 Å². The van der Waals surface area contributed by atoms with E-state index in [0.717, 1.165) is 31.5 Å². The number of carbonyl (C=O) groups is 1. The molecular formula is C12H13F3N2O. The van der Waals surface area contributed by atoms with Crippen LogP contribution in [-0.2, 0) is 4.79 Å². The molecule has 18 heavy (non-hydrogen) atoms. The number of halogens is 3. The number of hydrogen-bond donors (Lipinski definition) is 2. The van der Waals surface area contributed by atoms with Gasteiger partial charge in [0.25, 0.3) is 0 Å². The topological polar surface area (TPSA) is 41.1 Å². The van der Waals surface area contributed by atoms with Gasteiger partial charge in [0, 0.05) is 17.8 Å². The highest BCUT2D eigenvalue weighted by Gasteiger charge is 2.21. The summed E-state index contributed by atoms with van der Waals surface area (Å²) in [6.45, 7) is 0.740. The van der Waals surface area contributed by atoms with E-state index in [1.165, 1.54) is 0 Å². The van der Waals surface area contributed by atoms with Gasteiger partial charge in [0.05, 0.1) is 6.04 Å². The Morgan fingerprint density at radius 1 is 1.22 bits per heavy atom. The molecule has 2 rings (SSSR count). The van der Waals surface area contributed by atoms with E-state index in [1.807, 2.05) is 0 Å². The average molecular weight is 258 g/mol. The van der Waals surface area contributed by atoms with Gasteiger partial charge in [-0.15, -0.1) is 0 Å². The molecule has 0 bridgehead atoms. The molecule has 2 N–H and O–H groups in total.